The van der Waals surface area contributed by atoms with Crippen LogP contribution < -0.4 is 15.0 Å². The lowest BCUT2D eigenvalue weighted by molar-refractivity contribution is -0.0102. The van der Waals surface area contributed by atoms with Gasteiger partial charge >= 0.3 is 16.6 Å². The van der Waals surface area contributed by atoms with Gasteiger partial charge in [0.15, 0.2) is 11.5 Å². The Morgan fingerprint density at radius 3 is 2.78 bits per heavy atom. The third-order valence-corrected chi connectivity index (χ3v) is 4.77. The van der Waals surface area contributed by atoms with E-state index in [-0.39, 0.29) is 54.2 Å². The lowest BCUT2D eigenvalue weighted by atomic mass is 10.1. The number of hydrogen-bond acceptors (Lipinski definition) is 9. The number of carbonyl (C=O) groups excluding carboxylic acids is 2. The molecule has 1 aliphatic rings. The summed E-state index contributed by atoms with van der Waals surface area (Å²) in [5.41, 5.74) is -0.0205. The molecule has 0 bridgehead atoms. The van der Waals surface area contributed by atoms with E-state index in [1.807, 2.05) is 0 Å². The molecule has 15 heteroatoms. The van der Waals surface area contributed by atoms with Gasteiger partial charge in [-0.2, -0.15) is 8.42 Å². The van der Waals surface area contributed by atoms with Crippen LogP contribution in [0.2, 0.25) is 5.15 Å². The van der Waals surface area contributed by atoms with Crippen LogP contribution in [0.3, 0.4) is 0 Å². The van der Waals surface area contributed by atoms with E-state index >= 15 is 0 Å². The Hall–Kier alpha value is -3.26. The number of hydrogen-bond donors (Lipinski definition) is 1. The second-order valence-electron chi connectivity index (χ2n) is 6.57. The van der Waals surface area contributed by atoms with Crippen molar-refractivity contribution in [3.63, 3.8) is 0 Å². The molecule has 0 aromatic carbocycles. The van der Waals surface area contributed by atoms with Crippen LogP contribution in [0.5, 0.6) is 5.88 Å². The summed E-state index contributed by atoms with van der Waals surface area (Å²) in [6.45, 7) is 0.201. The van der Waals surface area contributed by atoms with Crippen LogP contribution >= 0.6 is 11.6 Å². The highest BCUT2D eigenvalue weighted by Gasteiger charge is 2.33. The fraction of sp³-hybridized carbons (Fsp3) is 0.353. The summed E-state index contributed by atoms with van der Waals surface area (Å²) < 4.78 is 55.5. The van der Waals surface area contributed by atoms with Gasteiger partial charge in [0, 0.05) is 43.9 Å². The van der Waals surface area contributed by atoms with Crippen molar-refractivity contribution < 1.29 is 31.5 Å². The van der Waals surface area contributed by atoms with Crippen molar-refractivity contribution in [1.82, 2.24) is 15.0 Å². The number of rotatable bonds is 4. The summed E-state index contributed by atoms with van der Waals surface area (Å²) in [5, 5.41) is 2.49. The van der Waals surface area contributed by atoms with Gasteiger partial charge in [-0.3, -0.25) is 4.79 Å². The highest BCUT2D eigenvalue weighted by atomic mass is 35.5. The number of aromatic nitrogens is 3. The monoisotopic (exact) mass is 488 g/mol. The lowest BCUT2D eigenvalue weighted by Crippen LogP contribution is -2.30. The molecule has 2 amide bonds. The maximum Gasteiger partial charge on any atom is 0.455 e. The van der Waals surface area contributed by atoms with E-state index in [2.05, 4.69) is 29.4 Å². The Labute approximate surface area is 186 Å². The molecular formula is C17H15ClF2N6O5S. The number of amides is 2. The standard InChI is InChI=1S/C17H15ClF2N6O5S/c18-11-9-22-13(14(24-11)26-6-1-3-17(19,20)4-7-26)15(27)23-10-2-5-21-12(8-10)31-16(28)25-32(29)30/h2,5,8-9H,1,3-4,6-7H2,(H,21,23,27). The molecule has 3 heterocycles. The molecule has 0 spiro atoms. The first kappa shape index (κ1) is 23.4. The molecule has 32 heavy (non-hydrogen) atoms. The predicted molar refractivity (Wildman–Crippen MR) is 108 cm³/mol. The first-order chi connectivity index (χ1) is 15.1. The van der Waals surface area contributed by atoms with Gasteiger partial charge in [-0.05, 0) is 12.5 Å². The van der Waals surface area contributed by atoms with Crippen LogP contribution in [0.4, 0.5) is 25.1 Å². The summed E-state index contributed by atoms with van der Waals surface area (Å²) in [5.74, 6) is -3.79. The topological polar surface area (TPSA) is 144 Å². The predicted octanol–water partition coefficient (Wildman–Crippen LogP) is 2.96. The zero-order chi connectivity index (χ0) is 23.3. The zero-order valence-corrected chi connectivity index (χ0v) is 17.7. The van der Waals surface area contributed by atoms with Crippen molar-refractivity contribution >= 4 is 45.6 Å². The van der Waals surface area contributed by atoms with E-state index < -0.39 is 34.8 Å². The summed E-state index contributed by atoms with van der Waals surface area (Å²) in [6, 6.07) is 2.52. The van der Waals surface area contributed by atoms with E-state index in [0.717, 1.165) is 12.3 Å². The number of carbonyl (C=O) groups is 2. The van der Waals surface area contributed by atoms with Crippen molar-refractivity contribution in [2.75, 3.05) is 23.3 Å². The lowest BCUT2D eigenvalue weighted by Gasteiger charge is -2.23. The number of nitrogens with one attached hydrogen (secondary N) is 1. The molecule has 1 aliphatic heterocycles. The molecule has 0 saturated carbocycles. The van der Waals surface area contributed by atoms with E-state index in [1.165, 1.54) is 17.2 Å². The minimum atomic E-state index is -3.00. The third kappa shape index (κ3) is 6.37. The molecule has 2 aromatic heterocycles. The van der Waals surface area contributed by atoms with Crippen LogP contribution in [-0.2, 0) is 10.5 Å². The number of halogens is 3. The second kappa shape index (κ2) is 9.91. The molecule has 2 aromatic rings. The van der Waals surface area contributed by atoms with Gasteiger partial charge < -0.3 is 15.0 Å². The maximum absolute atomic E-state index is 13.7. The average molecular weight is 489 g/mol. The van der Waals surface area contributed by atoms with Gasteiger partial charge in [0.05, 0.1) is 6.20 Å². The molecular weight excluding hydrogens is 474 g/mol. The summed E-state index contributed by atoms with van der Waals surface area (Å²) in [4.78, 5) is 37.5. The van der Waals surface area contributed by atoms with E-state index in [4.69, 9.17) is 11.6 Å². The Kier molecular flexibility index (Phi) is 7.25. The van der Waals surface area contributed by atoms with Crippen LogP contribution in [0, 0.1) is 0 Å². The summed E-state index contributed by atoms with van der Waals surface area (Å²) >= 11 is 5.91. The van der Waals surface area contributed by atoms with Crippen molar-refractivity contribution in [3.05, 3.63) is 35.4 Å². The van der Waals surface area contributed by atoms with Crippen LogP contribution in [0.1, 0.15) is 29.8 Å². The average Bonchev–Trinajstić information content (AvgIpc) is 2.87. The van der Waals surface area contributed by atoms with Crippen LogP contribution in [0.25, 0.3) is 0 Å². The number of alkyl halides is 2. The zero-order valence-electron chi connectivity index (χ0n) is 16.2. The van der Waals surface area contributed by atoms with E-state index in [1.54, 1.807) is 0 Å². The Morgan fingerprint density at radius 1 is 1.25 bits per heavy atom. The van der Waals surface area contributed by atoms with Gasteiger partial charge in [-0.1, -0.05) is 16.0 Å². The first-order valence-electron chi connectivity index (χ1n) is 9.08. The van der Waals surface area contributed by atoms with Gasteiger partial charge in [-0.15, -0.1) is 0 Å². The molecule has 0 atom stereocenters. The van der Waals surface area contributed by atoms with Crippen molar-refractivity contribution in [3.8, 4) is 5.88 Å². The van der Waals surface area contributed by atoms with E-state index in [0.29, 0.717) is 0 Å². The number of nitrogens with zero attached hydrogens (tertiary/aromatic N) is 5. The molecule has 3 rings (SSSR count). The maximum atomic E-state index is 13.7. The molecule has 1 N–H and O–H groups in total. The minimum Gasteiger partial charge on any atom is -0.389 e. The molecule has 11 nitrogen and oxygen atoms in total. The smallest absolute Gasteiger partial charge is 0.389 e. The highest BCUT2D eigenvalue weighted by molar-refractivity contribution is 7.62. The first-order valence-corrected chi connectivity index (χ1v) is 10.5. The quantitative estimate of drug-likeness (QED) is 0.686. The fourth-order valence-corrected chi connectivity index (χ4v) is 3.20. The Bertz CT molecular complexity index is 1170. The second-order valence-corrected chi connectivity index (χ2v) is 7.58. The molecule has 1 saturated heterocycles. The number of anilines is 2. The normalized spacial score (nSPS) is 15.4. The minimum absolute atomic E-state index is 0.00909. The number of ether oxygens (including phenoxy) is 1. The SMILES string of the molecule is O=C(N=S(=O)=O)Oc1cc(NC(=O)c2ncc(Cl)nc2N2CCCC(F)(F)CC2)ccn1. The molecule has 1 fully saturated rings. The van der Waals surface area contributed by atoms with Crippen molar-refractivity contribution in [1.29, 1.82) is 0 Å². The van der Waals surface area contributed by atoms with Crippen LogP contribution in [0.15, 0.2) is 28.9 Å². The Balaban J connectivity index is 1.81. The fourth-order valence-electron chi connectivity index (χ4n) is 2.92. The van der Waals surface area contributed by atoms with E-state index in [9.17, 15) is 26.8 Å². The van der Waals surface area contributed by atoms with Crippen molar-refractivity contribution in [2.45, 2.75) is 25.2 Å². The van der Waals surface area contributed by atoms with Crippen molar-refractivity contribution in [2.24, 2.45) is 4.36 Å². The van der Waals surface area contributed by atoms with Crippen LogP contribution in [-0.4, -0.2) is 54.4 Å². The molecule has 0 unspecified atom stereocenters. The van der Waals surface area contributed by atoms with Gasteiger partial charge in [0.25, 0.3) is 5.91 Å². The summed E-state index contributed by atoms with van der Waals surface area (Å²) in [7, 11) is -3.00. The highest BCUT2D eigenvalue weighted by Crippen LogP contribution is 2.31. The van der Waals surface area contributed by atoms with Gasteiger partial charge in [0.1, 0.15) is 5.15 Å². The Morgan fingerprint density at radius 2 is 2.03 bits per heavy atom. The summed E-state index contributed by atoms with van der Waals surface area (Å²) in [6.07, 6.45) is 0.442. The van der Waals surface area contributed by atoms with Gasteiger partial charge in [0.2, 0.25) is 11.8 Å². The number of pyridine rings is 1. The third-order valence-electron chi connectivity index (χ3n) is 4.29. The van der Waals surface area contributed by atoms with Gasteiger partial charge in [-0.25, -0.2) is 28.5 Å². The molecule has 0 radical (unpaired) electrons. The molecule has 170 valence electrons. The largest absolute Gasteiger partial charge is 0.455 e. The molecule has 0 aliphatic carbocycles.